The topological polar surface area (TPSA) is 78.3 Å². The molecule has 0 atom stereocenters. The molecule has 0 saturated carbocycles. The van der Waals surface area contributed by atoms with Crippen molar-refractivity contribution in [1.29, 1.82) is 0 Å². The van der Waals surface area contributed by atoms with Crippen LogP contribution in [0.2, 0.25) is 0 Å². The Labute approximate surface area is 105 Å². The summed E-state index contributed by atoms with van der Waals surface area (Å²) in [5.41, 5.74) is -1.67. The zero-order chi connectivity index (χ0) is 13.8. The van der Waals surface area contributed by atoms with Gasteiger partial charge in [0, 0.05) is 12.3 Å². The zero-order valence-electron chi connectivity index (χ0n) is 10.7. The van der Waals surface area contributed by atoms with Gasteiger partial charge < -0.3 is 4.74 Å². The predicted molar refractivity (Wildman–Crippen MR) is 63.9 cm³/mol. The summed E-state index contributed by atoms with van der Waals surface area (Å²) in [4.78, 5) is 35.0. The molecule has 0 aromatic carbocycles. The molecular weight excluding hydrogens is 236 g/mol. The van der Waals surface area contributed by atoms with Crippen molar-refractivity contribution in [2.45, 2.75) is 27.3 Å². The molecule has 0 amide bonds. The molecule has 18 heavy (non-hydrogen) atoms. The summed E-state index contributed by atoms with van der Waals surface area (Å²) in [5.74, 6) is -1.01. The van der Waals surface area contributed by atoms with Crippen LogP contribution in [-0.2, 0) is 20.9 Å². The first-order chi connectivity index (χ1) is 8.39. The average Bonchev–Trinajstić information content (AvgIpc) is 2.32. The molecule has 0 aliphatic rings. The van der Waals surface area contributed by atoms with E-state index in [1.54, 1.807) is 6.92 Å². The molecule has 6 nitrogen and oxygen atoms in total. The fourth-order valence-corrected chi connectivity index (χ4v) is 1.27. The van der Waals surface area contributed by atoms with E-state index in [4.69, 9.17) is 4.74 Å². The normalized spacial score (nSPS) is 11.1. The largest absolute Gasteiger partial charge is 0.465 e. The van der Waals surface area contributed by atoms with Crippen molar-refractivity contribution in [1.82, 2.24) is 9.78 Å². The quantitative estimate of drug-likeness (QED) is 0.560. The van der Waals surface area contributed by atoms with Crippen LogP contribution in [0, 0.1) is 5.41 Å². The van der Waals surface area contributed by atoms with E-state index in [-0.39, 0.29) is 18.7 Å². The number of ether oxygens (including phenoxy) is 1. The van der Waals surface area contributed by atoms with Crippen molar-refractivity contribution < 1.29 is 14.3 Å². The van der Waals surface area contributed by atoms with E-state index < -0.39 is 17.2 Å². The minimum Gasteiger partial charge on any atom is -0.465 e. The molecule has 0 N–H and O–H groups in total. The van der Waals surface area contributed by atoms with Crippen molar-refractivity contribution in [2.75, 3.05) is 6.61 Å². The zero-order valence-corrected chi connectivity index (χ0v) is 10.7. The summed E-state index contributed by atoms with van der Waals surface area (Å²) < 4.78 is 5.85. The Kier molecular flexibility index (Phi) is 4.36. The predicted octanol–water partition coefficient (Wildman–Crippen LogP) is 0.402. The maximum atomic E-state index is 12.0. The third-order valence-electron chi connectivity index (χ3n) is 2.56. The van der Waals surface area contributed by atoms with Gasteiger partial charge in [0.05, 0.1) is 6.61 Å². The Morgan fingerprint density at radius 3 is 2.67 bits per heavy atom. The second-order valence-corrected chi connectivity index (χ2v) is 4.29. The van der Waals surface area contributed by atoms with Crippen LogP contribution in [0.5, 0.6) is 0 Å². The number of hydrogen-bond acceptors (Lipinski definition) is 5. The van der Waals surface area contributed by atoms with Crippen LogP contribution in [-0.4, -0.2) is 28.1 Å². The smallest absolute Gasteiger partial charge is 0.319 e. The van der Waals surface area contributed by atoms with Gasteiger partial charge in [-0.3, -0.25) is 14.4 Å². The summed E-state index contributed by atoms with van der Waals surface area (Å²) in [6.45, 7) is 4.58. The van der Waals surface area contributed by atoms with Gasteiger partial charge in [-0.1, -0.05) is 0 Å². The fourth-order valence-electron chi connectivity index (χ4n) is 1.27. The first-order valence-electron chi connectivity index (χ1n) is 5.62. The van der Waals surface area contributed by atoms with Crippen LogP contribution < -0.4 is 5.56 Å². The Morgan fingerprint density at radius 1 is 1.44 bits per heavy atom. The van der Waals surface area contributed by atoms with Gasteiger partial charge in [-0.15, -0.1) is 0 Å². The van der Waals surface area contributed by atoms with E-state index in [1.165, 1.54) is 32.2 Å². The van der Waals surface area contributed by atoms with E-state index >= 15 is 0 Å². The maximum absolute atomic E-state index is 12.0. The number of hydrogen-bond donors (Lipinski definition) is 0. The Hall–Kier alpha value is -1.98. The van der Waals surface area contributed by atoms with E-state index in [1.807, 2.05) is 0 Å². The number of ketones is 1. The number of aromatic nitrogens is 2. The standard InChI is InChI=1S/C12H16N2O4/c1-4-18-11(17)12(2,3)9(15)8-14-10(16)6-5-7-13-14/h5-7H,4,8H2,1-3H3. The second kappa shape index (κ2) is 5.57. The van der Waals surface area contributed by atoms with E-state index in [0.717, 1.165) is 4.68 Å². The van der Waals surface area contributed by atoms with Crippen molar-refractivity contribution in [3.05, 3.63) is 28.7 Å². The lowest BCUT2D eigenvalue weighted by molar-refractivity contribution is -0.158. The average molecular weight is 252 g/mol. The van der Waals surface area contributed by atoms with Crippen LogP contribution in [0.3, 0.4) is 0 Å². The lowest BCUT2D eigenvalue weighted by atomic mass is 9.88. The molecular formula is C12H16N2O4. The lowest BCUT2D eigenvalue weighted by Gasteiger charge is -2.20. The van der Waals surface area contributed by atoms with Gasteiger partial charge in [-0.05, 0) is 26.8 Å². The fraction of sp³-hybridized carbons (Fsp3) is 0.500. The molecule has 98 valence electrons. The van der Waals surface area contributed by atoms with Gasteiger partial charge in [0.15, 0.2) is 5.78 Å². The monoisotopic (exact) mass is 252 g/mol. The first-order valence-corrected chi connectivity index (χ1v) is 5.62. The van der Waals surface area contributed by atoms with Crippen LogP contribution in [0.1, 0.15) is 20.8 Å². The van der Waals surface area contributed by atoms with Crippen LogP contribution in [0.25, 0.3) is 0 Å². The second-order valence-electron chi connectivity index (χ2n) is 4.29. The number of nitrogens with zero attached hydrogens (tertiary/aromatic N) is 2. The molecule has 1 aromatic rings. The SMILES string of the molecule is CCOC(=O)C(C)(C)C(=O)Cn1ncccc1=O. The summed E-state index contributed by atoms with van der Waals surface area (Å²) in [6.07, 6.45) is 1.41. The highest BCUT2D eigenvalue weighted by molar-refractivity contribution is 6.02. The number of Topliss-reactive ketones (excluding diaryl/α,β-unsaturated/α-hetero) is 1. The Morgan fingerprint density at radius 2 is 2.11 bits per heavy atom. The van der Waals surface area contributed by atoms with Crippen molar-refractivity contribution >= 4 is 11.8 Å². The summed E-state index contributed by atoms with van der Waals surface area (Å²) >= 11 is 0. The molecule has 0 unspecified atom stereocenters. The highest BCUT2D eigenvalue weighted by atomic mass is 16.5. The highest BCUT2D eigenvalue weighted by Crippen LogP contribution is 2.19. The number of rotatable bonds is 5. The van der Waals surface area contributed by atoms with E-state index in [0.29, 0.717) is 0 Å². The molecule has 0 saturated heterocycles. The van der Waals surface area contributed by atoms with E-state index in [2.05, 4.69) is 5.10 Å². The third kappa shape index (κ3) is 3.03. The van der Waals surface area contributed by atoms with Crippen LogP contribution in [0.15, 0.2) is 23.1 Å². The lowest BCUT2D eigenvalue weighted by Crippen LogP contribution is -2.39. The molecule has 0 radical (unpaired) electrons. The molecule has 0 spiro atoms. The summed E-state index contributed by atoms with van der Waals surface area (Å²) in [6, 6.07) is 2.79. The summed E-state index contributed by atoms with van der Waals surface area (Å²) in [7, 11) is 0. The molecule has 1 heterocycles. The van der Waals surface area contributed by atoms with Gasteiger partial charge in [-0.2, -0.15) is 5.10 Å². The first kappa shape index (κ1) is 14.1. The van der Waals surface area contributed by atoms with E-state index in [9.17, 15) is 14.4 Å². The maximum Gasteiger partial charge on any atom is 0.319 e. The molecule has 0 fully saturated rings. The molecule has 6 heteroatoms. The third-order valence-corrected chi connectivity index (χ3v) is 2.56. The van der Waals surface area contributed by atoms with Crippen molar-refractivity contribution in [3.63, 3.8) is 0 Å². The van der Waals surface area contributed by atoms with Gasteiger partial charge in [0.2, 0.25) is 0 Å². The molecule has 1 rings (SSSR count). The number of esters is 1. The molecule has 0 aliphatic heterocycles. The van der Waals surface area contributed by atoms with Gasteiger partial charge in [0.1, 0.15) is 12.0 Å². The minimum absolute atomic E-state index is 0.207. The number of carbonyl (C=O) groups excluding carboxylic acids is 2. The molecule has 0 aliphatic carbocycles. The summed E-state index contributed by atoms with van der Waals surface area (Å²) in [5, 5.41) is 3.77. The van der Waals surface area contributed by atoms with Crippen molar-refractivity contribution in [2.24, 2.45) is 5.41 Å². The minimum atomic E-state index is -1.28. The highest BCUT2D eigenvalue weighted by Gasteiger charge is 2.37. The van der Waals surface area contributed by atoms with Crippen molar-refractivity contribution in [3.8, 4) is 0 Å². The van der Waals surface area contributed by atoms with Crippen LogP contribution in [0.4, 0.5) is 0 Å². The molecule has 1 aromatic heterocycles. The van der Waals surface area contributed by atoms with Gasteiger partial charge >= 0.3 is 5.97 Å². The van der Waals surface area contributed by atoms with Gasteiger partial charge in [0.25, 0.3) is 5.56 Å². The number of carbonyl (C=O) groups is 2. The van der Waals surface area contributed by atoms with Gasteiger partial charge in [-0.25, -0.2) is 4.68 Å². The van der Waals surface area contributed by atoms with Crippen LogP contribution >= 0.6 is 0 Å². The Balaban J connectivity index is 2.86. The molecule has 0 bridgehead atoms. The Bertz CT molecular complexity index is 505.